The number of aromatic nitrogens is 3. The van der Waals surface area contributed by atoms with E-state index in [1.165, 1.54) is 17.1 Å². The third kappa shape index (κ3) is 5.76. The fourth-order valence-electron chi connectivity index (χ4n) is 3.99. The van der Waals surface area contributed by atoms with Crippen LogP contribution in [0, 0.1) is 0 Å². The Morgan fingerprint density at radius 3 is 2.64 bits per heavy atom. The molecule has 0 spiro atoms. The number of benzene rings is 1. The van der Waals surface area contributed by atoms with E-state index in [1.807, 2.05) is 32.0 Å². The molecular weight excluding hydrogens is 438 g/mol. The lowest BCUT2D eigenvalue weighted by Crippen LogP contribution is -2.52. The van der Waals surface area contributed by atoms with Gasteiger partial charge in [0.25, 0.3) is 0 Å². The Morgan fingerprint density at radius 2 is 1.94 bits per heavy atom. The Bertz CT molecular complexity index is 1040. The normalized spacial score (nSPS) is 15.5. The molecule has 1 fully saturated rings. The van der Waals surface area contributed by atoms with Gasteiger partial charge in [0.1, 0.15) is 5.82 Å². The van der Waals surface area contributed by atoms with E-state index in [4.69, 9.17) is 15.2 Å². The van der Waals surface area contributed by atoms with Crippen LogP contribution in [-0.4, -0.2) is 64.1 Å². The molecule has 176 valence electrons. The first-order valence-corrected chi connectivity index (χ1v) is 12.2. The summed E-state index contributed by atoms with van der Waals surface area (Å²) in [5.74, 6) is 1.02. The number of anilines is 2. The smallest absolute Gasteiger partial charge is 0.245 e. The number of carbonyl (C=O) groups excluding carboxylic acids is 1. The van der Waals surface area contributed by atoms with Gasteiger partial charge in [-0.25, -0.2) is 4.98 Å². The van der Waals surface area contributed by atoms with Gasteiger partial charge in [-0.1, -0.05) is 49.3 Å². The van der Waals surface area contributed by atoms with E-state index in [1.54, 1.807) is 0 Å². The van der Waals surface area contributed by atoms with Crippen LogP contribution in [0.3, 0.4) is 0 Å². The molecule has 33 heavy (non-hydrogen) atoms. The van der Waals surface area contributed by atoms with Crippen LogP contribution in [-0.2, 0) is 24.1 Å². The summed E-state index contributed by atoms with van der Waals surface area (Å²) >= 11 is 1.44. The number of piperazine rings is 1. The van der Waals surface area contributed by atoms with Crippen molar-refractivity contribution in [1.29, 1.82) is 0 Å². The molecule has 1 aromatic carbocycles. The minimum atomic E-state index is -0.643. The van der Waals surface area contributed by atoms with E-state index in [0.717, 1.165) is 67.7 Å². The van der Waals surface area contributed by atoms with Crippen LogP contribution in [0.5, 0.6) is 0 Å². The molecule has 1 unspecified atom stereocenters. The SMILES string of the molecule is CCc1noc(NC(=O)C(N)CN2CCN(c3nc(Cc4ccccc4)ns3)CC2)c1CC. The number of hydrogen-bond acceptors (Lipinski definition) is 9. The number of aryl methyl sites for hydroxylation is 1. The fraction of sp³-hybridized carbons (Fsp3) is 0.478. The molecule has 1 aliphatic rings. The summed E-state index contributed by atoms with van der Waals surface area (Å²) in [5, 5.41) is 7.81. The van der Waals surface area contributed by atoms with Gasteiger partial charge in [0.05, 0.1) is 11.7 Å². The van der Waals surface area contributed by atoms with Gasteiger partial charge in [-0.05, 0) is 18.4 Å². The summed E-state index contributed by atoms with van der Waals surface area (Å²) in [7, 11) is 0. The van der Waals surface area contributed by atoms with Crippen molar-refractivity contribution in [2.45, 2.75) is 39.2 Å². The highest BCUT2D eigenvalue weighted by molar-refractivity contribution is 7.09. The van der Waals surface area contributed by atoms with Crippen molar-refractivity contribution in [3.05, 3.63) is 53.0 Å². The van der Waals surface area contributed by atoms with Gasteiger partial charge < -0.3 is 15.2 Å². The molecule has 0 radical (unpaired) electrons. The van der Waals surface area contributed by atoms with Crippen molar-refractivity contribution < 1.29 is 9.32 Å². The maximum atomic E-state index is 12.6. The van der Waals surface area contributed by atoms with Crippen molar-refractivity contribution >= 4 is 28.5 Å². The van der Waals surface area contributed by atoms with E-state index in [9.17, 15) is 4.79 Å². The molecule has 1 saturated heterocycles. The Balaban J connectivity index is 1.25. The second-order valence-electron chi connectivity index (χ2n) is 8.18. The second-order valence-corrected chi connectivity index (χ2v) is 8.91. The van der Waals surface area contributed by atoms with E-state index < -0.39 is 6.04 Å². The van der Waals surface area contributed by atoms with Crippen LogP contribution in [0.25, 0.3) is 0 Å². The molecule has 3 heterocycles. The summed E-state index contributed by atoms with van der Waals surface area (Å²) in [5.41, 5.74) is 9.23. The van der Waals surface area contributed by atoms with Crippen LogP contribution < -0.4 is 16.0 Å². The third-order valence-corrected chi connectivity index (χ3v) is 6.71. The predicted molar refractivity (Wildman–Crippen MR) is 130 cm³/mol. The Hall–Kier alpha value is -2.82. The zero-order chi connectivity index (χ0) is 23.2. The van der Waals surface area contributed by atoms with Gasteiger partial charge in [-0.15, -0.1) is 0 Å². The number of rotatable bonds is 9. The number of nitrogens with zero attached hydrogens (tertiary/aromatic N) is 5. The number of amides is 1. The average Bonchev–Trinajstić information content (AvgIpc) is 3.46. The highest BCUT2D eigenvalue weighted by Gasteiger charge is 2.25. The lowest BCUT2D eigenvalue weighted by atomic mass is 10.1. The number of hydrogen-bond donors (Lipinski definition) is 2. The zero-order valence-corrected chi connectivity index (χ0v) is 20.0. The van der Waals surface area contributed by atoms with E-state index in [2.05, 4.69) is 36.8 Å². The van der Waals surface area contributed by atoms with E-state index >= 15 is 0 Å². The minimum Gasteiger partial charge on any atom is -0.344 e. The van der Waals surface area contributed by atoms with Gasteiger partial charge in [0.15, 0.2) is 0 Å². The standard InChI is InChI=1S/C23H31N7O2S/c1-3-17-19(4-2)27-32-22(17)26-21(31)18(24)15-29-10-12-30(13-11-29)23-25-20(28-33-23)14-16-8-6-5-7-9-16/h5-9,18H,3-4,10-15,24H2,1-2H3,(H,26,31). The van der Waals surface area contributed by atoms with Gasteiger partial charge in [0, 0.05) is 56.2 Å². The molecule has 2 aromatic heterocycles. The fourth-order valence-corrected chi connectivity index (χ4v) is 4.73. The summed E-state index contributed by atoms with van der Waals surface area (Å²) in [6.07, 6.45) is 2.26. The third-order valence-electron chi connectivity index (χ3n) is 5.89. The molecule has 1 aliphatic heterocycles. The van der Waals surface area contributed by atoms with Crippen LogP contribution >= 0.6 is 11.5 Å². The Morgan fingerprint density at radius 1 is 1.18 bits per heavy atom. The summed E-state index contributed by atoms with van der Waals surface area (Å²) in [6.45, 7) is 7.81. The molecule has 3 aromatic rings. The van der Waals surface area contributed by atoms with Crippen molar-refractivity contribution in [3.8, 4) is 0 Å². The Kier molecular flexibility index (Phi) is 7.69. The van der Waals surface area contributed by atoms with Crippen LogP contribution in [0.15, 0.2) is 34.9 Å². The molecule has 0 aliphatic carbocycles. The second kappa shape index (κ2) is 10.9. The van der Waals surface area contributed by atoms with Crippen molar-refractivity contribution in [1.82, 2.24) is 19.4 Å². The van der Waals surface area contributed by atoms with Crippen molar-refractivity contribution in [2.75, 3.05) is 42.9 Å². The summed E-state index contributed by atoms with van der Waals surface area (Å²) in [6, 6.07) is 9.61. The molecule has 0 bridgehead atoms. The largest absolute Gasteiger partial charge is 0.344 e. The lowest BCUT2D eigenvalue weighted by Gasteiger charge is -2.35. The molecule has 0 saturated carbocycles. The minimum absolute atomic E-state index is 0.249. The summed E-state index contributed by atoms with van der Waals surface area (Å²) < 4.78 is 9.85. The maximum Gasteiger partial charge on any atom is 0.245 e. The molecular formula is C23H31N7O2S. The summed E-state index contributed by atoms with van der Waals surface area (Å²) in [4.78, 5) is 21.8. The van der Waals surface area contributed by atoms with Gasteiger partial charge in [-0.3, -0.25) is 15.0 Å². The maximum absolute atomic E-state index is 12.6. The van der Waals surface area contributed by atoms with Crippen molar-refractivity contribution in [2.24, 2.45) is 5.73 Å². The lowest BCUT2D eigenvalue weighted by molar-refractivity contribution is -0.118. The number of nitrogens with two attached hydrogens (primary N) is 1. The first-order valence-electron chi connectivity index (χ1n) is 11.4. The highest BCUT2D eigenvalue weighted by atomic mass is 32.1. The highest BCUT2D eigenvalue weighted by Crippen LogP contribution is 2.22. The number of carbonyl (C=O) groups is 1. The van der Waals surface area contributed by atoms with Crippen LogP contribution in [0.2, 0.25) is 0 Å². The van der Waals surface area contributed by atoms with E-state index in [0.29, 0.717) is 12.4 Å². The first kappa shape index (κ1) is 23.3. The van der Waals surface area contributed by atoms with Crippen LogP contribution in [0.1, 0.15) is 36.5 Å². The average molecular weight is 470 g/mol. The van der Waals surface area contributed by atoms with Crippen LogP contribution in [0.4, 0.5) is 11.0 Å². The number of nitrogens with one attached hydrogen (secondary N) is 1. The quantitative estimate of drug-likeness (QED) is 0.491. The molecule has 10 heteroatoms. The predicted octanol–water partition coefficient (Wildman–Crippen LogP) is 2.33. The molecule has 1 atom stereocenters. The molecule has 1 amide bonds. The monoisotopic (exact) mass is 469 g/mol. The molecule has 9 nitrogen and oxygen atoms in total. The molecule has 3 N–H and O–H groups in total. The topological polar surface area (TPSA) is 113 Å². The van der Waals surface area contributed by atoms with Gasteiger partial charge in [0.2, 0.25) is 16.9 Å². The van der Waals surface area contributed by atoms with Gasteiger partial charge >= 0.3 is 0 Å². The van der Waals surface area contributed by atoms with Crippen molar-refractivity contribution in [3.63, 3.8) is 0 Å². The first-order chi connectivity index (χ1) is 16.1. The molecule has 4 rings (SSSR count). The zero-order valence-electron chi connectivity index (χ0n) is 19.2. The Labute approximate surface area is 198 Å². The van der Waals surface area contributed by atoms with Gasteiger partial charge in [-0.2, -0.15) is 4.37 Å². The van der Waals surface area contributed by atoms with E-state index in [-0.39, 0.29) is 5.91 Å².